The summed E-state index contributed by atoms with van der Waals surface area (Å²) in [4.78, 5) is 38.9. The van der Waals surface area contributed by atoms with E-state index in [0.29, 0.717) is 21.8 Å². The Morgan fingerprint density at radius 2 is 1.26 bits per heavy atom. The van der Waals surface area contributed by atoms with E-state index in [4.69, 9.17) is 0 Å². The van der Waals surface area contributed by atoms with Crippen LogP contribution in [0.3, 0.4) is 0 Å². The van der Waals surface area contributed by atoms with Gasteiger partial charge in [0.25, 0.3) is 0 Å². The molecule has 31 heavy (non-hydrogen) atoms. The summed E-state index contributed by atoms with van der Waals surface area (Å²) in [6, 6.07) is 26.6. The van der Waals surface area contributed by atoms with Crippen LogP contribution in [-0.2, 0) is 4.79 Å². The van der Waals surface area contributed by atoms with Crippen LogP contribution in [0.2, 0.25) is 0 Å². The first kappa shape index (κ1) is 20.5. The average Bonchev–Trinajstić information content (AvgIpc) is 3.25. The number of hydrogen-bond acceptors (Lipinski definition) is 6. The Balaban J connectivity index is 1.83. The van der Waals surface area contributed by atoms with Crippen molar-refractivity contribution < 1.29 is 14.4 Å². The van der Waals surface area contributed by atoms with E-state index in [1.54, 1.807) is 54.6 Å². The summed E-state index contributed by atoms with van der Waals surface area (Å²) in [6.45, 7) is 1.35. The highest BCUT2D eigenvalue weighted by atomic mass is 32.2. The van der Waals surface area contributed by atoms with E-state index < -0.39 is 5.78 Å². The summed E-state index contributed by atoms with van der Waals surface area (Å²) in [7, 11) is 0. The van der Waals surface area contributed by atoms with Crippen molar-refractivity contribution in [3.8, 4) is 0 Å². The van der Waals surface area contributed by atoms with E-state index in [9.17, 15) is 14.4 Å². The first-order chi connectivity index (χ1) is 15.1. The van der Waals surface area contributed by atoms with Crippen LogP contribution in [0.4, 0.5) is 5.69 Å². The second kappa shape index (κ2) is 8.93. The third kappa shape index (κ3) is 4.25. The summed E-state index contributed by atoms with van der Waals surface area (Å²) in [5, 5.41) is 6.52. The lowest BCUT2D eigenvalue weighted by Gasteiger charge is -2.18. The zero-order valence-electron chi connectivity index (χ0n) is 16.7. The number of Topliss-reactive ketones (excluding diaryl/α,β-unsaturated/α-hetero) is 3. The number of benzene rings is 3. The lowest BCUT2D eigenvalue weighted by Crippen LogP contribution is -2.19. The first-order valence-corrected chi connectivity index (χ1v) is 10.4. The van der Waals surface area contributed by atoms with Crippen molar-refractivity contribution in [2.75, 3.05) is 5.01 Å². The molecule has 5 nitrogen and oxygen atoms in total. The lowest BCUT2D eigenvalue weighted by atomic mass is 10.0. The van der Waals surface area contributed by atoms with Crippen LogP contribution in [0.15, 0.2) is 107 Å². The molecule has 0 saturated heterocycles. The largest absolute Gasteiger partial charge is 0.294 e. The highest BCUT2D eigenvalue weighted by molar-refractivity contribution is 8.19. The molecule has 0 saturated carbocycles. The number of hydrogen-bond donors (Lipinski definition) is 0. The van der Waals surface area contributed by atoms with E-state index in [2.05, 4.69) is 5.10 Å². The summed E-state index contributed by atoms with van der Waals surface area (Å²) >= 11 is 1.04. The molecule has 1 heterocycles. The van der Waals surface area contributed by atoms with Crippen molar-refractivity contribution in [2.45, 2.75) is 6.92 Å². The SMILES string of the molecule is CC(=O)/C(C(=O)c1ccccc1)=C1/SC(C(=O)c2ccccc2)=NN1c1ccccc1. The zero-order chi connectivity index (χ0) is 21.8. The van der Waals surface area contributed by atoms with Crippen molar-refractivity contribution in [1.82, 2.24) is 0 Å². The van der Waals surface area contributed by atoms with E-state index >= 15 is 0 Å². The number of ketones is 3. The molecule has 0 N–H and O–H groups in total. The van der Waals surface area contributed by atoms with Gasteiger partial charge in [-0.3, -0.25) is 14.4 Å². The highest BCUT2D eigenvalue weighted by Crippen LogP contribution is 2.38. The van der Waals surface area contributed by atoms with Gasteiger partial charge in [0.1, 0.15) is 5.03 Å². The number of rotatable bonds is 6. The van der Waals surface area contributed by atoms with Gasteiger partial charge >= 0.3 is 0 Å². The number of carbonyl (C=O) groups is 3. The first-order valence-electron chi connectivity index (χ1n) is 9.62. The van der Waals surface area contributed by atoms with Gasteiger partial charge in [0.05, 0.1) is 11.3 Å². The maximum absolute atomic E-state index is 13.2. The topological polar surface area (TPSA) is 66.8 Å². The second-order valence-electron chi connectivity index (χ2n) is 6.78. The van der Waals surface area contributed by atoms with Crippen LogP contribution >= 0.6 is 11.8 Å². The summed E-state index contributed by atoms with van der Waals surface area (Å²) in [6.07, 6.45) is 0. The molecular weight excluding hydrogens is 408 g/mol. The van der Waals surface area contributed by atoms with Crippen LogP contribution in [0.5, 0.6) is 0 Å². The molecular formula is C25H18N2O3S. The Hall–Kier alpha value is -3.77. The Labute approximate surface area is 184 Å². The number of hydrazone groups is 1. The standard InChI is InChI=1S/C25H18N2O3S/c1-17(28)21(22(29)18-11-5-2-6-12-18)25-27(20-15-9-4-10-16-20)26-24(31-25)23(30)19-13-7-3-8-14-19/h2-16H,1H3/b25-21-. The number of thioether (sulfide) groups is 1. The molecule has 0 amide bonds. The van der Waals surface area contributed by atoms with Crippen LogP contribution in [0.25, 0.3) is 0 Å². The molecule has 0 bridgehead atoms. The van der Waals surface area contributed by atoms with Gasteiger partial charge in [0.15, 0.2) is 16.6 Å². The van der Waals surface area contributed by atoms with E-state index in [0.717, 1.165) is 11.8 Å². The van der Waals surface area contributed by atoms with Gasteiger partial charge in [-0.05, 0) is 30.8 Å². The maximum atomic E-state index is 13.2. The van der Waals surface area contributed by atoms with Crippen LogP contribution < -0.4 is 5.01 Å². The monoisotopic (exact) mass is 426 g/mol. The number of anilines is 1. The van der Waals surface area contributed by atoms with Crippen LogP contribution in [0, 0.1) is 0 Å². The maximum Gasteiger partial charge on any atom is 0.220 e. The fourth-order valence-electron chi connectivity index (χ4n) is 3.14. The van der Waals surface area contributed by atoms with Gasteiger partial charge in [0.2, 0.25) is 5.78 Å². The zero-order valence-corrected chi connectivity index (χ0v) is 17.5. The Morgan fingerprint density at radius 1 is 0.742 bits per heavy atom. The fourth-order valence-corrected chi connectivity index (χ4v) is 4.23. The molecule has 0 spiro atoms. The minimum absolute atomic E-state index is 0.000310. The van der Waals surface area contributed by atoms with Crippen molar-refractivity contribution in [3.05, 3.63) is 113 Å². The van der Waals surface area contributed by atoms with Gasteiger partial charge in [-0.2, -0.15) is 5.10 Å². The fraction of sp³-hybridized carbons (Fsp3) is 0.0400. The molecule has 3 aromatic carbocycles. The minimum Gasteiger partial charge on any atom is -0.294 e. The number of allylic oxidation sites excluding steroid dienone is 1. The minimum atomic E-state index is -0.403. The van der Waals surface area contributed by atoms with Crippen molar-refractivity contribution >= 4 is 39.8 Å². The van der Waals surface area contributed by atoms with Crippen LogP contribution in [-0.4, -0.2) is 22.4 Å². The summed E-state index contributed by atoms with van der Waals surface area (Å²) < 4.78 is 0. The van der Waals surface area contributed by atoms with E-state index in [1.807, 2.05) is 36.4 Å². The van der Waals surface area contributed by atoms with Gasteiger partial charge in [0, 0.05) is 11.1 Å². The van der Waals surface area contributed by atoms with Crippen molar-refractivity contribution in [2.24, 2.45) is 5.10 Å². The highest BCUT2D eigenvalue weighted by Gasteiger charge is 2.34. The molecule has 0 aromatic heterocycles. The van der Waals surface area contributed by atoms with Crippen LogP contribution in [0.1, 0.15) is 27.6 Å². The second-order valence-corrected chi connectivity index (χ2v) is 7.76. The molecule has 0 aliphatic carbocycles. The molecule has 0 unspecified atom stereocenters. The smallest absolute Gasteiger partial charge is 0.220 e. The summed E-state index contributed by atoms with van der Waals surface area (Å²) in [5.41, 5.74) is 1.54. The van der Waals surface area contributed by atoms with E-state index in [1.165, 1.54) is 11.9 Å². The Kier molecular flexibility index (Phi) is 5.91. The Morgan fingerprint density at radius 3 is 1.81 bits per heavy atom. The van der Waals surface area contributed by atoms with Gasteiger partial charge in [-0.15, -0.1) is 0 Å². The molecule has 1 aliphatic rings. The number of para-hydroxylation sites is 1. The third-order valence-corrected chi connectivity index (χ3v) is 5.67. The normalized spacial score (nSPS) is 14.7. The molecule has 0 radical (unpaired) electrons. The van der Waals surface area contributed by atoms with Crippen molar-refractivity contribution in [1.29, 1.82) is 0 Å². The quantitative estimate of drug-likeness (QED) is 0.237. The van der Waals surface area contributed by atoms with Crippen molar-refractivity contribution in [3.63, 3.8) is 0 Å². The molecule has 1 aliphatic heterocycles. The Bertz CT molecular complexity index is 1200. The number of carbonyl (C=O) groups excluding carboxylic acids is 3. The van der Waals surface area contributed by atoms with E-state index in [-0.39, 0.29) is 22.2 Å². The molecule has 6 heteroatoms. The summed E-state index contributed by atoms with van der Waals surface area (Å²) in [5.74, 6) is -1.06. The third-order valence-electron chi connectivity index (χ3n) is 4.64. The molecule has 0 atom stereocenters. The molecule has 0 fully saturated rings. The predicted molar refractivity (Wildman–Crippen MR) is 123 cm³/mol. The van der Waals surface area contributed by atoms with Gasteiger partial charge in [-0.1, -0.05) is 78.9 Å². The van der Waals surface area contributed by atoms with Gasteiger partial charge < -0.3 is 0 Å². The molecule has 4 rings (SSSR count). The lowest BCUT2D eigenvalue weighted by molar-refractivity contribution is -0.113. The molecule has 152 valence electrons. The average molecular weight is 426 g/mol. The number of nitrogens with zero attached hydrogens (tertiary/aromatic N) is 2. The predicted octanol–water partition coefficient (Wildman–Crippen LogP) is 5.12. The van der Waals surface area contributed by atoms with Gasteiger partial charge in [-0.25, -0.2) is 5.01 Å². The molecule has 3 aromatic rings.